The molecule has 0 radical (unpaired) electrons. The fourth-order valence-electron chi connectivity index (χ4n) is 3.64. The third-order valence-corrected chi connectivity index (χ3v) is 5.02. The van der Waals surface area contributed by atoms with Gasteiger partial charge in [-0.1, -0.05) is 36.4 Å². The van der Waals surface area contributed by atoms with Gasteiger partial charge in [-0.15, -0.1) is 0 Å². The summed E-state index contributed by atoms with van der Waals surface area (Å²) in [5.74, 6) is -1.24. The molecule has 3 aromatic rings. The van der Waals surface area contributed by atoms with Crippen molar-refractivity contribution in [3.63, 3.8) is 0 Å². The van der Waals surface area contributed by atoms with Gasteiger partial charge in [0, 0.05) is 30.3 Å². The van der Waals surface area contributed by atoms with Crippen LogP contribution in [0.1, 0.15) is 20.7 Å². The van der Waals surface area contributed by atoms with Crippen molar-refractivity contribution in [3.05, 3.63) is 92.0 Å². The molecule has 2 amide bonds. The zero-order valence-electron chi connectivity index (χ0n) is 15.6. The number of fused-ring (bicyclic) bond motifs is 1. The zero-order valence-corrected chi connectivity index (χ0v) is 15.6. The van der Waals surface area contributed by atoms with Crippen molar-refractivity contribution >= 4 is 23.2 Å². The van der Waals surface area contributed by atoms with Crippen LogP contribution >= 0.6 is 0 Å². The standard InChI is InChI=1S/C21H13N3O6/c1-22-20(25)18-14(12-6-2-4-8-16(12)23(27)28)10-11-15(19(18)21(22)26)13-7-3-5-9-17(13)24(29)30/h2-11H,1H3. The van der Waals surface area contributed by atoms with Crippen LogP contribution in [0.5, 0.6) is 0 Å². The van der Waals surface area contributed by atoms with Crippen molar-refractivity contribution in [1.82, 2.24) is 4.90 Å². The summed E-state index contributed by atoms with van der Waals surface area (Å²) in [5, 5.41) is 23.0. The summed E-state index contributed by atoms with van der Waals surface area (Å²) < 4.78 is 0. The summed E-state index contributed by atoms with van der Waals surface area (Å²) in [6, 6.07) is 14.8. The lowest BCUT2D eigenvalue weighted by Crippen LogP contribution is -2.24. The maximum Gasteiger partial charge on any atom is 0.277 e. The van der Waals surface area contributed by atoms with Crippen LogP contribution in [0.2, 0.25) is 0 Å². The first-order valence-corrected chi connectivity index (χ1v) is 8.80. The van der Waals surface area contributed by atoms with Crippen molar-refractivity contribution in [2.24, 2.45) is 0 Å². The van der Waals surface area contributed by atoms with Gasteiger partial charge in [0.05, 0.1) is 32.1 Å². The number of nitrogens with zero attached hydrogens (tertiary/aromatic N) is 3. The number of hydrogen-bond donors (Lipinski definition) is 0. The molecular formula is C21H13N3O6. The first-order chi connectivity index (χ1) is 14.3. The van der Waals surface area contributed by atoms with Crippen molar-refractivity contribution in [2.45, 2.75) is 0 Å². The van der Waals surface area contributed by atoms with Crippen LogP contribution in [0.3, 0.4) is 0 Å². The van der Waals surface area contributed by atoms with E-state index in [0.717, 1.165) is 4.90 Å². The molecule has 0 aliphatic carbocycles. The highest BCUT2D eigenvalue weighted by atomic mass is 16.6. The molecule has 1 aliphatic rings. The van der Waals surface area contributed by atoms with E-state index in [1.165, 1.54) is 55.6 Å². The van der Waals surface area contributed by atoms with Gasteiger partial charge in [-0.25, -0.2) is 0 Å². The number of rotatable bonds is 4. The molecule has 9 nitrogen and oxygen atoms in total. The van der Waals surface area contributed by atoms with Gasteiger partial charge < -0.3 is 0 Å². The molecule has 0 saturated carbocycles. The zero-order chi connectivity index (χ0) is 21.6. The lowest BCUT2D eigenvalue weighted by atomic mass is 9.89. The minimum atomic E-state index is -0.622. The highest BCUT2D eigenvalue weighted by Gasteiger charge is 2.39. The average Bonchev–Trinajstić information content (AvgIpc) is 2.98. The predicted molar refractivity (Wildman–Crippen MR) is 107 cm³/mol. The van der Waals surface area contributed by atoms with E-state index in [2.05, 4.69) is 0 Å². The SMILES string of the molecule is CN1C(=O)c2c(-c3ccccc3[N+](=O)[O-])ccc(-c3ccccc3[N+](=O)[O-])c2C1=O. The number of carbonyl (C=O) groups excluding carboxylic acids is 2. The molecule has 9 heteroatoms. The van der Waals surface area contributed by atoms with Crippen LogP contribution in [0.15, 0.2) is 60.7 Å². The first kappa shape index (κ1) is 18.9. The highest BCUT2D eigenvalue weighted by Crippen LogP contribution is 2.42. The van der Waals surface area contributed by atoms with E-state index >= 15 is 0 Å². The third-order valence-electron chi connectivity index (χ3n) is 5.02. The van der Waals surface area contributed by atoms with E-state index < -0.39 is 21.7 Å². The maximum atomic E-state index is 12.9. The van der Waals surface area contributed by atoms with Crippen molar-refractivity contribution in [1.29, 1.82) is 0 Å². The van der Waals surface area contributed by atoms with Crippen LogP contribution in [-0.4, -0.2) is 33.6 Å². The minimum absolute atomic E-state index is 0.00699. The molecular weight excluding hydrogens is 390 g/mol. The predicted octanol–water partition coefficient (Wildman–Crippen LogP) is 4.06. The quantitative estimate of drug-likeness (QED) is 0.367. The van der Waals surface area contributed by atoms with E-state index in [4.69, 9.17) is 0 Å². The molecule has 0 spiro atoms. The van der Waals surface area contributed by atoms with E-state index in [0.29, 0.717) is 0 Å². The summed E-state index contributed by atoms with van der Waals surface area (Å²) in [5.41, 5.74) is 0.374. The Kier molecular flexibility index (Phi) is 4.35. The molecule has 0 aromatic heterocycles. The summed E-state index contributed by atoms with van der Waals surface area (Å²) in [6.45, 7) is 0. The third kappa shape index (κ3) is 2.72. The molecule has 0 fully saturated rings. The number of nitro benzene ring substituents is 2. The molecule has 4 rings (SSSR count). The fourth-order valence-corrected chi connectivity index (χ4v) is 3.64. The molecule has 30 heavy (non-hydrogen) atoms. The van der Waals surface area contributed by atoms with E-state index in [9.17, 15) is 29.8 Å². The Morgan fingerprint density at radius 2 is 1.00 bits per heavy atom. The topological polar surface area (TPSA) is 124 Å². The normalized spacial score (nSPS) is 12.8. The Bertz CT molecular complexity index is 1170. The Morgan fingerprint density at radius 1 is 0.633 bits per heavy atom. The minimum Gasteiger partial charge on any atom is -0.277 e. The lowest BCUT2D eigenvalue weighted by molar-refractivity contribution is -0.384. The number of imide groups is 1. The average molecular weight is 403 g/mol. The van der Waals surface area contributed by atoms with Crippen molar-refractivity contribution in [3.8, 4) is 22.3 Å². The lowest BCUT2D eigenvalue weighted by Gasteiger charge is -2.11. The van der Waals surface area contributed by atoms with Crippen LogP contribution in [-0.2, 0) is 0 Å². The number of para-hydroxylation sites is 2. The van der Waals surface area contributed by atoms with Gasteiger partial charge in [0.15, 0.2) is 0 Å². The van der Waals surface area contributed by atoms with Crippen LogP contribution in [0.4, 0.5) is 11.4 Å². The van der Waals surface area contributed by atoms with E-state index in [1.54, 1.807) is 12.1 Å². The van der Waals surface area contributed by atoms with Crippen molar-refractivity contribution in [2.75, 3.05) is 7.05 Å². The van der Waals surface area contributed by atoms with E-state index in [1.807, 2.05) is 0 Å². The number of hydrogen-bond acceptors (Lipinski definition) is 6. The first-order valence-electron chi connectivity index (χ1n) is 8.80. The number of nitro groups is 2. The Hall–Kier alpha value is -4.40. The van der Waals surface area contributed by atoms with Gasteiger partial charge in [0.2, 0.25) is 0 Å². The van der Waals surface area contributed by atoms with Crippen LogP contribution in [0, 0.1) is 20.2 Å². The Morgan fingerprint density at radius 3 is 1.37 bits per heavy atom. The maximum absolute atomic E-state index is 12.9. The van der Waals surface area contributed by atoms with Crippen LogP contribution in [0.25, 0.3) is 22.3 Å². The van der Waals surface area contributed by atoms with Crippen LogP contribution < -0.4 is 0 Å². The Labute approximate surface area is 169 Å². The summed E-state index contributed by atoms with van der Waals surface area (Å²) in [4.78, 5) is 48.5. The summed E-state index contributed by atoms with van der Waals surface area (Å²) >= 11 is 0. The smallest absolute Gasteiger partial charge is 0.277 e. The highest BCUT2D eigenvalue weighted by molar-refractivity contribution is 6.26. The van der Waals surface area contributed by atoms with E-state index in [-0.39, 0.29) is 44.8 Å². The second kappa shape index (κ2) is 6.89. The molecule has 3 aromatic carbocycles. The summed E-state index contributed by atoms with van der Waals surface area (Å²) in [6.07, 6.45) is 0. The van der Waals surface area contributed by atoms with Gasteiger partial charge in [-0.05, 0) is 12.1 Å². The second-order valence-corrected chi connectivity index (χ2v) is 6.63. The second-order valence-electron chi connectivity index (χ2n) is 6.63. The molecule has 0 atom stereocenters. The molecule has 1 heterocycles. The molecule has 0 saturated heterocycles. The number of benzene rings is 3. The molecule has 0 unspecified atom stereocenters. The number of amides is 2. The van der Waals surface area contributed by atoms with Gasteiger partial charge in [-0.3, -0.25) is 34.7 Å². The molecule has 0 bridgehead atoms. The molecule has 0 N–H and O–H groups in total. The van der Waals surface area contributed by atoms with Gasteiger partial charge in [-0.2, -0.15) is 0 Å². The Balaban J connectivity index is 2.07. The fraction of sp³-hybridized carbons (Fsp3) is 0.0476. The van der Waals surface area contributed by atoms with Gasteiger partial charge in [0.25, 0.3) is 23.2 Å². The molecule has 148 valence electrons. The van der Waals surface area contributed by atoms with Gasteiger partial charge >= 0.3 is 0 Å². The van der Waals surface area contributed by atoms with Gasteiger partial charge in [0.1, 0.15) is 0 Å². The summed E-state index contributed by atoms with van der Waals surface area (Å²) in [7, 11) is 1.30. The largest absolute Gasteiger partial charge is 0.277 e. The number of carbonyl (C=O) groups is 2. The molecule has 1 aliphatic heterocycles. The monoisotopic (exact) mass is 403 g/mol. The van der Waals surface area contributed by atoms with Crippen molar-refractivity contribution < 1.29 is 19.4 Å².